The first-order chi connectivity index (χ1) is 9.97. The summed E-state index contributed by atoms with van der Waals surface area (Å²) < 4.78 is 5.32. The van der Waals surface area contributed by atoms with Crippen molar-refractivity contribution in [2.75, 3.05) is 7.11 Å². The zero-order valence-electron chi connectivity index (χ0n) is 13.9. The van der Waals surface area contributed by atoms with Gasteiger partial charge >= 0.3 is 0 Å². The summed E-state index contributed by atoms with van der Waals surface area (Å²) in [5.41, 5.74) is 3.59. The highest BCUT2D eigenvalue weighted by Crippen LogP contribution is 2.62. The molecule has 2 saturated carbocycles. The molecule has 1 unspecified atom stereocenters. The first-order valence-electron chi connectivity index (χ1n) is 8.26. The van der Waals surface area contributed by atoms with Crippen LogP contribution in [0.4, 0.5) is 0 Å². The average molecular weight is 287 g/mol. The van der Waals surface area contributed by atoms with Crippen molar-refractivity contribution >= 4 is 0 Å². The minimum Gasteiger partial charge on any atom is -0.380 e. The number of hydrogen-bond acceptors (Lipinski definition) is 2. The summed E-state index contributed by atoms with van der Waals surface area (Å²) >= 11 is 0. The smallest absolute Gasteiger partial charge is 0.0716 e. The standard InChI is InChI=1S/C19H29NO/c1-18(2)16-9-10-19(3,11-16)17(18)20-12-14-7-5-6-8-15(14)13-21-4/h5-8,16-17,20H,9-13H2,1-4H3/t16-,17?,19+/m0/s1. The molecule has 0 heterocycles. The molecule has 0 saturated heterocycles. The van der Waals surface area contributed by atoms with Crippen molar-refractivity contribution in [2.45, 2.75) is 59.2 Å². The van der Waals surface area contributed by atoms with Crippen LogP contribution < -0.4 is 5.32 Å². The van der Waals surface area contributed by atoms with Gasteiger partial charge in [0, 0.05) is 19.7 Å². The molecular weight excluding hydrogens is 258 g/mol. The summed E-state index contributed by atoms with van der Waals surface area (Å²) in [6.45, 7) is 9.06. The minimum absolute atomic E-state index is 0.420. The van der Waals surface area contributed by atoms with E-state index in [0.29, 0.717) is 23.5 Å². The Labute approximate surface area is 129 Å². The van der Waals surface area contributed by atoms with E-state index < -0.39 is 0 Å². The summed E-state index contributed by atoms with van der Waals surface area (Å²) in [6, 6.07) is 9.25. The molecule has 0 radical (unpaired) electrons. The predicted molar refractivity (Wildman–Crippen MR) is 87.0 cm³/mol. The lowest BCUT2D eigenvalue weighted by atomic mass is 9.68. The van der Waals surface area contributed by atoms with Crippen molar-refractivity contribution < 1.29 is 4.74 Å². The number of methoxy groups -OCH3 is 1. The van der Waals surface area contributed by atoms with Gasteiger partial charge in [0.1, 0.15) is 0 Å². The van der Waals surface area contributed by atoms with Gasteiger partial charge in [0.25, 0.3) is 0 Å². The summed E-state index contributed by atoms with van der Waals surface area (Å²) in [5, 5.41) is 3.90. The molecule has 1 aromatic carbocycles. The van der Waals surface area contributed by atoms with Gasteiger partial charge in [-0.3, -0.25) is 0 Å². The molecule has 2 nitrogen and oxygen atoms in total. The van der Waals surface area contributed by atoms with E-state index in [1.54, 1.807) is 7.11 Å². The lowest BCUT2D eigenvalue weighted by Gasteiger charge is -2.43. The van der Waals surface area contributed by atoms with Crippen LogP contribution in [0.5, 0.6) is 0 Å². The molecule has 0 aliphatic heterocycles. The number of rotatable bonds is 5. The molecule has 3 atom stereocenters. The fourth-order valence-corrected chi connectivity index (χ4v) is 5.05. The van der Waals surface area contributed by atoms with E-state index >= 15 is 0 Å². The summed E-state index contributed by atoms with van der Waals surface area (Å²) in [6.07, 6.45) is 4.21. The SMILES string of the molecule is COCc1ccccc1CNC1C(C)(C)[C@H]2CC[C@]1(C)C2. The van der Waals surface area contributed by atoms with E-state index in [1.807, 2.05) is 0 Å². The van der Waals surface area contributed by atoms with Gasteiger partial charge in [0.05, 0.1) is 6.61 Å². The minimum atomic E-state index is 0.420. The second kappa shape index (κ2) is 5.40. The van der Waals surface area contributed by atoms with E-state index in [1.165, 1.54) is 30.4 Å². The van der Waals surface area contributed by atoms with E-state index in [0.717, 1.165) is 12.5 Å². The Morgan fingerprint density at radius 2 is 1.90 bits per heavy atom. The van der Waals surface area contributed by atoms with Crippen LogP contribution in [0.1, 0.15) is 51.2 Å². The number of fused-ring (bicyclic) bond motifs is 2. The van der Waals surface area contributed by atoms with Crippen LogP contribution in [0, 0.1) is 16.7 Å². The van der Waals surface area contributed by atoms with E-state index in [9.17, 15) is 0 Å². The van der Waals surface area contributed by atoms with Gasteiger partial charge in [-0.2, -0.15) is 0 Å². The fraction of sp³-hybridized carbons (Fsp3) is 0.684. The Balaban J connectivity index is 1.73. The molecule has 2 aliphatic carbocycles. The molecule has 3 rings (SSSR count). The quantitative estimate of drug-likeness (QED) is 0.879. The normalized spacial score (nSPS) is 33.5. The van der Waals surface area contributed by atoms with Gasteiger partial charge in [0.2, 0.25) is 0 Å². The van der Waals surface area contributed by atoms with Crippen LogP contribution >= 0.6 is 0 Å². The molecule has 0 aromatic heterocycles. The lowest BCUT2D eigenvalue weighted by Crippen LogP contribution is -2.50. The number of benzene rings is 1. The molecule has 2 fully saturated rings. The maximum absolute atomic E-state index is 5.32. The fourth-order valence-electron chi connectivity index (χ4n) is 5.05. The van der Waals surface area contributed by atoms with Crippen LogP contribution in [-0.2, 0) is 17.9 Å². The van der Waals surface area contributed by atoms with Gasteiger partial charge in [-0.1, -0.05) is 45.0 Å². The van der Waals surface area contributed by atoms with Crippen LogP contribution in [0.25, 0.3) is 0 Å². The lowest BCUT2D eigenvalue weighted by molar-refractivity contribution is 0.107. The summed E-state index contributed by atoms with van der Waals surface area (Å²) in [5.74, 6) is 0.897. The Bertz CT molecular complexity index is 505. The topological polar surface area (TPSA) is 21.3 Å². The predicted octanol–water partition coefficient (Wildman–Crippen LogP) is 4.14. The zero-order chi connectivity index (χ0) is 15.1. The number of ether oxygens (including phenoxy) is 1. The van der Waals surface area contributed by atoms with Gasteiger partial charge in [-0.05, 0) is 47.1 Å². The van der Waals surface area contributed by atoms with Crippen molar-refractivity contribution in [3.63, 3.8) is 0 Å². The Hall–Kier alpha value is -0.860. The highest BCUT2D eigenvalue weighted by molar-refractivity contribution is 5.27. The van der Waals surface area contributed by atoms with Crippen LogP contribution in [-0.4, -0.2) is 13.2 Å². The first kappa shape index (κ1) is 15.1. The molecule has 0 spiro atoms. The molecule has 2 aliphatic rings. The largest absolute Gasteiger partial charge is 0.380 e. The molecule has 1 N–H and O–H groups in total. The Morgan fingerprint density at radius 1 is 1.19 bits per heavy atom. The second-order valence-corrected chi connectivity index (χ2v) is 7.93. The van der Waals surface area contributed by atoms with Crippen molar-refractivity contribution in [3.8, 4) is 0 Å². The number of hydrogen-bond donors (Lipinski definition) is 1. The van der Waals surface area contributed by atoms with E-state index in [4.69, 9.17) is 4.74 Å². The molecule has 116 valence electrons. The second-order valence-electron chi connectivity index (χ2n) is 7.93. The third kappa shape index (κ3) is 2.53. The van der Waals surface area contributed by atoms with Crippen LogP contribution in [0.2, 0.25) is 0 Å². The third-order valence-corrected chi connectivity index (χ3v) is 6.18. The molecular formula is C19H29NO. The summed E-state index contributed by atoms with van der Waals surface area (Å²) in [4.78, 5) is 0. The average Bonchev–Trinajstić information content (AvgIpc) is 2.91. The molecule has 2 bridgehead atoms. The number of nitrogens with one attached hydrogen (secondary N) is 1. The van der Waals surface area contributed by atoms with Crippen LogP contribution in [0.15, 0.2) is 24.3 Å². The molecule has 0 amide bonds. The highest BCUT2D eigenvalue weighted by Gasteiger charge is 2.58. The van der Waals surface area contributed by atoms with Crippen molar-refractivity contribution in [3.05, 3.63) is 35.4 Å². The highest BCUT2D eigenvalue weighted by atomic mass is 16.5. The van der Waals surface area contributed by atoms with Crippen molar-refractivity contribution in [1.29, 1.82) is 0 Å². The van der Waals surface area contributed by atoms with Crippen LogP contribution in [0.3, 0.4) is 0 Å². The monoisotopic (exact) mass is 287 g/mol. The van der Waals surface area contributed by atoms with Gasteiger partial charge in [-0.15, -0.1) is 0 Å². The zero-order valence-corrected chi connectivity index (χ0v) is 13.9. The van der Waals surface area contributed by atoms with Crippen molar-refractivity contribution in [1.82, 2.24) is 5.32 Å². The van der Waals surface area contributed by atoms with Gasteiger partial charge in [0.15, 0.2) is 0 Å². The van der Waals surface area contributed by atoms with Crippen molar-refractivity contribution in [2.24, 2.45) is 16.7 Å². The maximum atomic E-state index is 5.32. The maximum Gasteiger partial charge on any atom is 0.0716 e. The molecule has 2 heteroatoms. The van der Waals surface area contributed by atoms with E-state index in [2.05, 4.69) is 50.4 Å². The van der Waals surface area contributed by atoms with Gasteiger partial charge in [-0.25, -0.2) is 0 Å². The third-order valence-electron chi connectivity index (χ3n) is 6.18. The first-order valence-corrected chi connectivity index (χ1v) is 8.26. The Morgan fingerprint density at radius 3 is 2.52 bits per heavy atom. The van der Waals surface area contributed by atoms with Gasteiger partial charge < -0.3 is 10.1 Å². The molecule has 21 heavy (non-hydrogen) atoms. The molecule has 1 aromatic rings. The summed E-state index contributed by atoms with van der Waals surface area (Å²) in [7, 11) is 1.77. The van der Waals surface area contributed by atoms with E-state index in [-0.39, 0.29) is 0 Å². The Kier molecular flexibility index (Phi) is 3.87.